The molecule has 3 nitrogen and oxygen atoms in total. The number of fused-ring (bicyclic) bond motifs is 1. The largest absolute Gasteiger partial charge is 0.506 e. The fourth-order valence-corrected chi connectivity index (χ4v) is 7.16. The number of hydrogen-bond acceptors (Lipinski definition) is 3. The molecule has 0 aromatic heterocycles. The summed E-state index contributed by atoms with van der Waals surface area (Å²) in [7, 11) is -3.49. The molecule has 158 valence electrons. The maximum atomic E-state index is 14.6. The first-order chi connectivity index (χ1) is 14.4. The Morgan fingerprint density at radius 1 is 0.967 bits per heavy atom. The molecule has 3 aromatic rings. The van der Waals surface area contributed by atoms with Gasteiger partial charge in [0.1, 0.15) is 5.75 Å². The van der Waals surface area contributed by atoms with Crippen LogP contribution in [0.15, 0.2) is 66.7 Å². The maximum absolute atomic E-state index is 14.6. The van der Waals surface area contributed by atoms with E-state index in [9.17, 15) is 9.67 Å². The minimum absolute atomic E-state index is 0.0604. The lowest BCUT2D eigenvalue weighted by Gasteiger charge is -2.39. The number of aromatic hydroxyl groups is 1. The summed E-state index contributed by atoms with van der Waals surface area (Å²) < 4.78 is 21.3. The molecular formula is C26H31O3P. The van der Waals surface area contributed by atoms with Crippen molar-refractivity contribution in [3.63, 3.8) is 0 Å². The normalized spacial score (nSPS) is 24.1. The van der Waals surface area contributed by atoms with Gasteiger partial charge in [-0.05, 0) is 54.2 Å². The minimum atomic E-state index is -3.49. The zero-order valence-electron chi connectivity index (χ0n) is 18.0. The van der Waals surface area contributed by atoms with Crippen LogP contribution in [0.5, 0.6) is 5.75 Å². The first-order valence-electron chi connectivity index (χ1n) is 11.0. The van der Waals surface area contributed by atoms with Crippen LogP contribution in [0, 0.1) is 17.8 Å². The smallest absolute Gasteiger partial charge is 0.265 e. The summed E-state index contributed by atoms with van der Waals surface area (Å²) in [6.07, 6.45) is 3.07. The summed E-state index contributed by atoms with van der Waals surface area (Å²) >= 11 is 0. The molecule has 4 rings (SSSR count). The van der Waals surface area contributed by atoms with Gasteiger partial charge in [-0.25, -0.2) is 0 Å². The Morgan fingerprint density at radius 3 is 2.40 bits per heavy atom. The highest BCUT2D eigenvalue weighted by molar-refractivity contribution is 7.74. The molecule has 0 radical (unpaired) electrons. The van der Waals surface area contributed by atoms with Gasteiger partial charge < -0.3 is 9.63 Å². The van der Waals surface area contributed by atoms with Crippen molar-refractivity contribution in [2.45, 2.75) is 46.1 Å². The summed E-state index contributed by atoms with van der Waals surface area (Å²) in [5.74, 6) is 1.42. The highest BCUT2D eigenvalue weighted by atomic mass is 31.2. The molecule has 0 heterocycles. The van der Waals surface area contributed by atoms with E-state index < -0.39 is 7.37 Å². The van der Waals surface area contributed by atoms with Crippen LogP contribution >= 0.6 is 7.37 Å². The van der Waals surface area contributed by atoms with Gasteiger partial charge in [0.05, 0.1) is 11.4 Å². The van der Waals surface area contributed by atoms with Crippen LogP contribution in [0.4, 0.5) is 0 Å². The third kappa shape index (κ3) is 3.94. The van der Waals surface area contributed by atoms with E-state index in [0.717, 1.165) is 18.2 Å². The van der Waals surface area contributed by atoms with E-state index in [1.165, 1.54) is 6.42 Å². The van der Waals surface area contributed by atoms with E-state index >= 15 is 0 Å². The average molecular weight is 423 g/mol. The molecule has 4 heteroatoms. The standard InChI is InChI=1S/C26H31O3P/c1-18(2)22-15-13-19(3)17-24(22)29-30(28,21-10-5-4-6-11-21)25-16-14-20-9-7-8-12-23(20)26(25)27/h4-12,14,16,18-19,22,24,27H,13,15,17H2,1-3H3/t19-,22+,24-,30?/m1/s1. The highest BCUT2D eigenvalue weighted by Gasteiger charge is 2.40. The van der Waals surface area contributed by atoms with Gasteiger partial charge in [0, 0.05) is 10.7 Å². The second kappa shape index (κ2) is 8.57. The molecule has 30 heavy (non-hydrogen) atoms. The molecule has 3 aromatic carbocycles. The summed E-state index contributed by atoms with van der Waals surface area (Å²) in [6.45, 7) is 6.68. The first kappa shape index (κ1) is 21.2. The van der Waals surface area contributed by atoms with Crippen molar-refractivity contribution >= 4 is 28.8 Å². The van der Waals surface area contributed by atoms with Crippen molar-refractivity contribution in [1.82, 2.24) is 0 Å². The summed E-state index contributed by atoms with van der Waals surface area (Å²) in [5.41, 5.74) is 0. The Hall–Kier alpha value is -2.09. The first-order valence-corrected chi connectivity index (χ1v) is 12.6. The topological polar surface area (TPSA) is 46.5 Å². The maximum Gasteiger partial charge on any atom is 0.265 e. The van der Waals surface area contributed by atoms with Crippen molar-refractivity contribution in [2.75, 3.05) is 0 Å². The summed E-state index contributed by atoms with van der Waals surface area (Å²) in [6, 6.07) is 20.7. The van der Waals surface area contributed by atoms with E-state index in [2.05, 4.69) is 20.8 Å². The van der Waals surface area contributed by atoms with Crippen molar-refractivity contribution < 1.29 is 14.2 Å². The van der Waals surface area contributed by atoms with Gasteiger partial charge in [-0.3, -0.25) is 4.57 Å². The number of phenolic OH excluding ortho intramolecular Hbond substituents is 1. The van der Waals surface area contributed by atoms with E-state index in [0.29, 0.717) is 33.7 Å². The molecule has 0 spiro atoms. The van der Waals surface area contributed by atoms with Gasteiger partial charge in [0.25, 0.3) is 7.37 Å². The second-order valence-corrected chi connectivity index (χ2v) is 11.3. The predicted molar refractivity (Wildman–Crippen MR) is 125 cm³/mol. The average Bonchev–Trinajstić information content (AvgIpc) is 2.74. The molecule has 1 N–H and O–H groups in total. The lowest BCUT2D eigenvalue weighted by molar-refractivity contribution is 0.0514. The van der Waals surface area contributed by atoms with Crippen LogP contribution in [0.2, 0.25) is 0 Å². The van der Waals surface area contributed by atoms with Crippen LogP contribution in [-0.4, -0.2) is 11.2 Å². The third-order valence-electron chi connectivity index (χ3n) is 6.54. The number of hydrogen-bond donors (Lipinski definition) is 1. The molecule has 0 saturated heterocycles. The molecule has 1 fully saturated rings. The third-order valence-corrected chi connectivity index (χ3v) is 9.08. The Bertz CT molecular complexity index is 1060. The lowest BCUT2D eigenvalue weighted by atomic mass is 9.75. The fraction of sp³-hybridized carbons (Fsp3) is 0.385. The van der Waals surface area contributed by atoms with Crippen LogP contribution in [0.1, 0.15) is 40.0 Å². The van der Waals surface area contributed by atoms with Crippen LogP contribution in [0.25, 0.3) is 10.8 Å². The van der Waals surface area contributed by atoms with Crippen LogP contribution in [0.3, 0.4) is 0 Å². The van der Waals surface area contributed by atoms with Crippen molar-refractivity contribution in [1.29, 1.82) is 0 Å². The van der Waals surface area contributed by atoms with Gasteiger partial charge in [-0.2, -0.15) is 0 Å². The van der Waals surface area contributed by atoms with Crippen LogP contribution in [-0.2, 0) is 9.09 Å². The Kier molecular flexibility index (Phi) is 6.04. The van der Waals surface area contributed by atoms with Crippen molar-refractivity contribution in [3.05, 3.63) is 66.7 Å². The fourth-order valence-electron chi connectivity index (χ4n) is 4.79. The van der Waals surface area contributed by atoms with E-state index in [1.807, 2.05) is 60.7 Å². The van der Waals surface area contributed by atoms with E-state index in [1.54, 1.807) is 6.07 Å². The molecule has 1 unspecified atom stereocenters. The molecule has 0 aliphatic heterocycles. The molecular weight excluding hydrogens is 391 g/mol. The monoisotopic (exact) mass is 422 g/mol. The summed E-state index contributed by atoms with van der Waals surface area (Å²) in [4.78, 5) is 0. The Labute approximate surface area is 179 Å². The minimum Gasteiger partial charge on any atom is -0.506 e. The molecule has 1 aliphatic rings. The quantitative estimate of drug-likeness (QED) is 0.494. The van der Waals surface area contributed by atoms with Gasteiger partial charge >= 0.3 is 0 Å². The molecule has 1 saturated carbocycles. The Morgan fingerprint density at radius 2 is 1.67 bits per heavy atom. The number of rotatable bonds is 5. The SMILES string of the molecule is CC(C)[C@@H]1CC[C@@H](C)C[C@H]1OP(=O)(c1ccccc1)c1ccc2ccccc2c1O. The van der Waals surface area contributed by atoms with E-state index in [-0.39, 0.29) is 11.9 Å². The molecule has 4 atom stereocenters. The van der Waals surface area contributed by atoms with Gasteiger partial charge in [0.2, 0.25) is 0 Å². The molecule has 0 bridgehead atoms. The Balaban J connectivity index is 1.85. The van der Waals surface area contributed by atoms with Crippen LogP contribution < -0.4 is 10.6 Å². The van der Waals surface area contributed by atoms with Gasteiger partial charge in [0.15, 0.2) is 0 Å². The second-order valence-electron chi connectivity index (χ2n) is 9.01. The predicted octanol–water partition coefficient (Wildman–Crippen LogP) is 6.25. The molecule has 0 amide bonds. The highest BCUT2D eigenvalue weighted by Crippen LogP contribution is 2.52. The molecule has 1 aliphatic carbocycles. The van der Waals surface area contributed by atoms with Gasteiger partial charge in [-0.1, -0.05) is 75.7 Å². The lowest BCUT2D eigenvalue weighted by Crippen LogP contribution is -2.36. The number of phenols is 1. The van der Waals surface area contributed by atoms with Crippen molar-refractivity contribution in [3.8, 4) is 5.75 Å². The summed E-state index contributed by atoms with van der Waals surface area (Å²) in [5, 5.41) is 13.8. The van der Waals surface area contributed by atoms with Crippen molar-refractivity contribution in [2.24, 2.45) is 17.8 Å². The van der Waals surface area contributed by atoms with Gasteiger partial charge in [-0.15, -0.1) is 0 Å². The van der Waals surface area contributed by atoms with E-state index in [4.69, 9.17) is 4.52 Å². The zero-order chi connectivity index (χ0) is 21.3. The zero-order valence-corrected chi connectivity index (χ0v) is 18.9. The number of benzene rings is 3.